The molecule has 1 heterocycles. The van der Waals surface area contributed by atoms with Crippen LogP contribution in [0.1, 0.15) is 26.2 Å². The van der Waals surface area contributed by atoms with Crippen LogP contribution in [0.4, 0.5) is 0 Å². The Morgan fingerprint density at radius 2 is 2.29 bits per heavy atom. The Kier molecular flexibility index (Phi) is 5.45. The molecule has 1 saturated heterocycles. The maximum atomic E-state index is 5.57. The highest BCUT2D eigenvalue weighted by Crippen LogP contribution is 2.14. The summed E-state index contributed by atoms with van der Waals surface area (Å²) in [6.45, 7) is 7.86. The van der Waals surface area contributed by atoms with Crippen molar-refractivity contribution in [2.24, 2.45) is 5.73 Å². The summed E-state index contributed by atoms with van der Waals surface area (Å²) in [6.07, 6.45) is 3.96. The van der Waals surface area contributed by atoms with Gasteiger partial charge in [0.2, 0.25) is 0 Å². The Morgan fingerprint density at radius 3 is 2.93 bits per heavy atom. The van der Waals surface area contributed by atoms with Crippen molar-refractivity contribution in [2.45, 2.75) is 32.2 Å². The first-order chi connectivity index (χ1) is 6.77. The molecule has 0 aliphatic carbocycles. The van der Waals surface area contributed by atoms with E-state index in [0.717, 1.165) is 19.1 Å². The van der Waals surface area contributed by atoms with Gasteiger partial charge in [0.15, 0.2) is 0 Å². The molecule has 1 rings (SSSR count). The monoisotopic (exact) mass is 199 g/mol. The maximum absolute atomic E-state index is 5.57. The maximum Gasteiger partial charge on any atom is 0.0221 e. The fourth-order valence-corrected chi connectivity index (χ4v) is 2.30. The standard InChI is InChI=1S/C11H25N3/c1-3-7-14-8-4-5-11(10-14)13(2)9-6-12/h11H,3-10,12H2,1-2H3. The largest absolute Gasteiger partial charge is 0.329 e. The molecule has 84 valence electrons. The molecule has 2 N–H and O–H groups in total. The number of likely N-dealkylation sites (N-methyl/N-ethyl adjacent to an activating group) is 1. The van der Waals surface area contributed by atoms with Crippen molar-refractivity contribution in [1.29, 1.82) is 0 Å². The molecule has 0 spiro atoms. The third-order valence-electron chi connectivity index (χ3n) is 3.13. The number of nitrogens with zero attached hydrogens (tertiary/aromatic N) is 2. The molecule has 3 heteroatoms. The van der Waals surface area contributed by atoms with Crippen molar-refractivity contribution in [3.8, 4) is 0 Å². The highest BCUT2D eigenvalue weighted by atomic mass is 15.2. The fraction of sp³-hybridized carbons (Fsp3) is 1.00. The Labute approximate surface area is 88.2 Å². The van der Waals surface area contributed by atoms with Crippen LogP contribution in [0, 0.1) is 0 Å². The molecule has 0 aromatic heterocycles. The van der Waals surface area contributed by atoms with Gasteiger partial charge < -0.3 is 15.5 Å². The molecule has 0 aromatic carbocycles. The van der Waals surface area contributed by atoms with Gasteiger partial charge in [-0.05, 0) is 39.4 Å². The number of hydrogen-bond acceptors (Lipinski definition) is 3. The van der Waals surface area contributed by atoms with Gasteiger partial charge in [-0.3, -0.25) is 0 Å². The van der Waals surface area contributed by atoms with Gasteiger partial charge in [-0.15, -0.1) is 0 Å². The molecule has 0 amide bonds. The second-order valence-electron chi connectivity index (χ2n) is 4.37. The molecule has 1 unspecified atom stereocenters. The molecular formula is C11H25N3. The van der Waals surface area contributed by atoms with Gasteiger partial charge in [0, 0.05) is 25.7 Å². The van der Waals surface area contributed by atoms with E-state index in [-0.39, 0.29) is 0 Å². The van der Waals surface area contributed by atoms with Crippen molar-refractivity contribution in [3.05, 3.63) is 0 Å². The van der Waals surface area contributed by atoms with Gasteiger partial charge in [0.05, 0.1) is 0 Å². The van der Waals surface area contributed by atoms with Gasteiger partial charge in [0.1, 0.15) is 0 Å². The van der Waals surface area contributed by atoms with E-state index in [0.29, 0.717) is 0 Å². The normalized spacial score (nSPS) is 24.4. The number of likely N-dealkylation sites (tertiary alicyclic amines) is 1. The average Bonchev–Trinajstić information content (AvgIpc) is 2.19. The summed E-state index contributed by atoms with van der Waals surface area (Å²) < 4.78 is 0. The molecule has 0 bridgehead atoms. The van der Waals surface area contributed by atoms with Crippen molar-refractivity contribution in [1.82, 2.24) is 9.80 Å². The van der Waals surface area contributed by atoms with Gasteiger partial charge in [-0.2, -0.15) is 0 Å². The molecule has 3 nitrogen and oxygen atoms in total. The third kappa shape index (κ3) is 3.56. The van der Waals surface area contributed by atoms with E-state index in [1.165, 1.54) is 38.9 Å². The molecule has 0 saturated carbocycles. The first-order valence-electron chi connectivity index (χ1n) is 5.90. The highest BCUT2D eigenvalue weighted by Gasteiger charge is 2.21. The Bertz CT molecular complexity index is 143. The highest BCUT2D eigenvalue weighted by molar-refractivity contribution is 4.79. The smallest absolute Gasteiger partial charge is 0.0221 e. The van der Waals surface area contributed by atoms with Gasteiger partial charge in [-0.25, -0.2) is 0 Å². The number of rotatable bonds is 5. The third-order valence-corrected chi connectivity index (χ3v) is 3.13. The summed E-state index contributed by atoms with van der Waals surface area (Å²) in [7, 11) is 2.20. The summed E-state index contributed by atoms with van der Waals surface area (Å²) in [4.78, 5) is 5.00. The summed E-state index contributed by atoms with van der Waals surface area (Å²) in [5.74, 6) is 0. The van der Waals surface area contributed by atoms with Crippen LogP contribution in [0.2, 0.25) is 0 Å². The summed E-state index contributed by atoms with van der Waals surface area (Å²) in [5, 5.41) is 0. The van der Waals surface area contributed by atoms with Crippen LogP contribution in [-0.4, -0.2) is 55.6 Å². The van der Waals surface area contributed by atoms with Crippen molar-refractivity contribution in [3.63, 3.8) is 0 Å². The minimum absolute atomic E-state index is 0.735. The molecule has 1 aliphatic heterocycles. The lowest BCUT2D eigenvalue weighted by Gasteiger charge is -2.37. The Balaban J connectivity index is 2.31. The quantitative estimate of drug-likeness (QED) is 0.709. The molecule has 1 aliphatic rings. The second kappa shape index (κ2) is 6.38. The minimum atomic E-state index is 0.735. The zero-order chi connectivity index (χ0) is 10.4. The van der Waals surface area contributed by atoms with Crippen LogP contribution in [0.5, 0.6) is 0 Å². The number of nitrogens with two attached hydrogens (primary N) is 1. The predicted molar refractivity (Wildman–Crippen MR) is 61.4 cm³/mol. The molecule has 14 heavy (non-hydrogen) atoms. The summed E-state index contributed by atoms with van der Waals surface area (Å²) in [6, 6.07) is 0.735. The Morgan fingerprint density at radius 1 is 1.50 bits per heavy atom. The van der Waals surface area contributed by atoms with E-state index in [1.807, 2.05) is 0 Å². The second-order valence-corrected chi connectivity index (χ2v) is 4.37. The summed E-state index contributed by atoms with van der Waals surface area (Å²) >= 11 is 0. The first-order valence-corrected chi connectivity index (χ1v) is 5.90. The fourth-order valence-electron chi connectivity index (χ4n) is 2.30. The first kappa shape index (κ1) is 12.0. The van der Waals surface area contributed by atoms with Gasteiger partial charge in [0.25, 0.3) is 0 Å². The average molecular weight is 199 g/mol. The Hall–Kier alpha value is -0.120. The summed E-state index contributed by atoms with van der Waals surface area (Å²) in [5.41, 5.74) is 5.57. The van der Waals surface area contributed by atoms with E-state index in [4.69, 9.17) is 5.73 Å². The lowest BCUT2D eigenvalue weighted by Crippen LogP contribution is -2.47. The van der Waals surface area contributed by atoms with E-state index in [1.54, 1.807) is 0 Å². The van der Waals surface area contributed by atoms with Crippen LogP contribution in [0.25, 0.3) is 0 Å². The van der Waals surface area contributed by atoms with E-state index < -0.39 is 0 Å². The molecular weight excluding hydrogens is 174 g/mol. The van der Waals surface area contributed by atoms with E-state index in [9.17, 15) is 0 Å². The van der Waals surface area contributed by atoms with Crippen LogP contribution >= 0.6 is 0 Å². The lowest BCUT2D eigenvalue weighted by molar-refractivity contribution is 0.118. The van der Waals surface area contributed by atoms with Crippen molar-refractivity contribution < 1.29 is 0 Å². The lowest BCUT2D eigenvalue weighted by atomic mass is 10.0. The van der Waals surface area contributed by atoms with Crippen molar-refractivity contribution >= 4 is 0 Å². The van der Waals surface area contributed by atoms with E-state index in [2.05, 4.69) is 23.8 Å². The predicted octanol–water partition coefficient (Wildman–Crippen LogP) is 0.751. The van der Waals surface area contributed by atoms with Gasteiger partial charge >= 0.3 is 0 Å². The topological polar surface area (TPSA) is 32.5 Å². The molecule has 0 aromatic rings. The number of hydrogen-bond donors (Lipinski definition) is 1. The van der Waals surface area contributed by atoms with E-state index >= 15 is 0 Å². The molecule has 1 atom stereocenters. The van der Waals surface area contributed by atoms with Crippen LogP contribution in [0.15, 0.2) is 0 Å². The number of piperidine rings is 1. The van der Waals surface area contributed by atoms with Crippen LogP contribution in [0.3, 0.4) is 0 Å². The minimum Gasteiger partial charge on any atom is -0.329 e. The molecule has 0 radical (unpaired) electrons. The van der Waals surface area contributed by atoms with Crippen LogP contribution in [-0.2, 0) is 0 Å². The zero-order valence-corrected chi connectivity index (χ0v) is 9.71. The zero-order valence-electron chi connectivity index (χ0n) is 9.71. The SMILES string of the molecule is CCCN1CCCC(N(C)CCN)C1. The van der Waals surface area contributed by atoms with Gasteiger partial charge in [-0.1, -0.05) is 6.92 Å². The van der Waals surface area contributed by atoms with Crippen LogP contribution < -0.4 is 5.73 Å². The molecule has 1 fully saturated rings. The van der Waals surface area contributed by atoms with Crippen molar-refractivity contribution in [2.75, 3.05) is 39.8 Å².